The van der Waals surface area contributed by atoms with Gasteiger partial charge in [-0.3, -0.25) is 4.79 Å². The first-order valence-electron chi connectivity index (χ1n) is 3.01. The Kier molecular flexibility index (Phi) is 3.32. The number of hydrogen-bond acceptors (Lipinski definition) is 4. The molecule has 0 saturated carbocycles. The first-order chi connectivity index (χ1) is 5.36. The number of aromatic nitrogens is 1. The van der Waals surface area contributed by atoms with Crippen molar-refractivity contribution in [1.29, 1.82) is 0 Å². The number of nitrogens with zero attached hydrogens (tertiary/aromatic N) is 1. The molecular formula is C7H7NOS2. The van der Waals surface area contributed by atoms with Crippen molar-refractivity contribution in [2.75, 3.05) is 5.75 Å². The van der Waals surface area contributed by atoms with Gasteiger partial charge in [0.25, 0.3) is 0 Å². The van der Waals surface area contributed by atoms with Crippen LogP contribution in [0.15, 0.2) is 23.2 Å². The summed E-state index contributed by atoms with van der Waals surface area (Å²) in [6, 6.07) is 0. The molecule has 1 aromatic heterocycles. The molecule has 0 N–H and O–H groups in total. The molecular weight excluding hydrogens is 178 g/mol. The maximum atomic E-state index is 10.2. The highest BCUT2D eigenvalue weighted by atomic mass is 32.2. The van der Waals surface area contributed by atoms with Crippen LogP contribution in [0.25, 0.3) is 0 Å². The first kappa shape index (κ1) is 8.49. The van der Waals surface area contributed by atoms with Crippen molar-refractivity contribution in [3.8, 4) is 0 Å². The lowest BCUT2D eigenvalue weighted by Crippen LogP contribution is -1.67. The molecule has 1 heterocycles. The quantitative estimate of drug-likeness (QED) is 0.409. The minimum atomic E-state index is 0.677. The zero-order valence-corrected chi connectivity index (χ0v) is 7.45. The standard InChI is InChI=1S/C7H7NOS2/c1-2-3-10-7-8-4-6(5-9)11-7/h2,4-5H,1,3H2. The van der Waals surface area contributed by atoms with Crippen LogP contribution < -0.4 is 0 Å². The average Bonchev–Trinajstić information content (AvgIpc) is 2.48. The minimum Gasteiger partial charge on any atom is -0.297 e. The number of rotatable bonds is 4. The Balaban J connectivity index is 2.57. The van der Waals surface area contributed by atoms with E-state index in [-0.39, 0.29) is 0 Å². The van der Waals surface area contributed by atoms with Gasteiger partial charge in [0.05, 0.1) is 4.88 Å². The van der Waals surface area contributed by atoms with Crippen molar-refractivity contribution in [3.63, 3.8) is 0 Å². The first-order valence-corrected chi connectivity index (χ1v) is 4.81. The third kappa shape index (κ3) is 2.48. The molecule has 0 amide bonds. The molecule has 0 aliphatic heterocycles. The van der Waals surface area contributed by atoms with E-state index in [4.69, 9.17) is 0 Å². The molecule has 0 fully saturated rings. The van der Waals surface area contributed by atoms with E-state index in [0.717, 1.165) is 16.4 Å². The van der Waals surface area contributed by atoms with Gasteiger partial charge < -0.3 is 0 Å². The zero-order chi connectivity index (χ0) is 8.10. The molecule has 0 aliphatic rings. The van der Waals surface area contributed by atoms with Gasteiger partial charge in [0.2, 0.25) is 0 Å². The van der Waals surface area contributed by atoms with E-state index >= 15 is 0 Å². The predicted octanol–water partition coefficient (Wildman–Crippen LogP) is 2.23. The molecule has 4 heteroatoms. The van der Waals surface area contributed by atoms with Crippen molar-refractivity contribution in [1.82, 2.24) is 4.98 Å². The maximum Gasteiger partial charge on any atom is 0.161 e. The summed E-state index contributed by atoms with van der Waals surface area (Å²) in [7, 11) is 0. The fraction of sp³-hybridized carbons (Fsp3) is 0.143. The van der Waals surface area contributed by atoms with E-state index in [1.807, 2.05) is 6.08 Å². The van der Waals surface area contributed by atoms with E-state index in [9.17, 15) is 4.79 Å². The van der Waals surface area contributed by atoms with E-state index in [1.165, 1.54) is 11.3 Å². The summed E-state index contributed by atoms with van der Waals surface area (Å²) in [5.41, 5.74) is 0. The molecule has 0 saturated heterocycles. The molecule has 11 heavy (non-hydrogen) atoms. The van der Waals surface area contributed by atoms with Gasteiger partial charge in [-0.15, -0.1) is 17.9 Å². The molecule has 0 radical (unpaired) electrons. The lowest BCUT2D eigenvalue weighted by Gasteiger charge is -1.86. The van der Waals surface area contributed by atoms with Gasteiger partial charge in [-0.25, -0.2) is 4.98 Å². The van der Waals surface area contributed by atoms with E-state index < -0.39 is 0 Å². The minimum absolute atomic E-state index is 0.677. The van der Waals surface area contributed by atoms with Crippen LogP contribution in [0.5, 0.6) is 0 Å². The normalized spacial score (nSPS) is 9.45. The van der Waals surface area contributed by atoms with Crippen LogP contribution in [0.2, 0.25) is 0 Å². The predicted molar refractivity (Wildman–Crippen MR) is 48.4 cm³/mol. The van der Waals surface area contributed by atoms with E-state index in [2.05, 4.69) is 11.6 Å². The highest BCUT2D eigenvalue weighted by Gasteiger charge is 1.98. The van der Waals surface area contributed by atoms with Crippen molar-refractivity contribution in [3.05, 3.63) is 23.7 Å². The van der Waals surface area contributed by atoms with Gasteiger partial charge >= 0.3 is 0 Å². The van der Waals surface area contributed by atoms with Crippen molar-refractivity contribution in [2.45, 2.75) is 4.34 Å². The Bertz CT molecular complexity index is 257. The second-order valence-corrected chi connectivity index (χ2v) is 4.08. The monoisotopic (exact) mass is 185 g/mol. The zero-order valence-electron chi connectivity index (χ0n) is 5.82. The molecule has 0 unspecified atom stereocenters. The molecule has 1 rings (SSSR count). The Morgan fingerprint density at radius 1 is 1.82 bits per heavy atom. The summed E-state index contributed by atoms with van der Waals surface area (Å²) in [5.74, 6) is 0.839. The third-order valence-electron chi connectivity index (χ3n) is 0.943. The molecule has 2 nitrogen and oxygen atoms in total. The van der Waals surface area contributed by atoms with E-state index in [0.29, 0.717) is 4.88 Å². The van der Waals surface area contributed by atoms with Gasteiger partial charge in [-0.1, -0.05) is 17.8 Å². The summed E-state index contributed by atoms with van der Waals surface area (Å²) in [6.07, 6.45) is 4.21. The molecule has 1 aromatic rings. The lowest BCUT2D eigenvalue weighted by atomic mass is 10.6. The Morgan fingerprint density at radius 2 is 2.64 bits per heavy atom. The highest BCUT2D eigenvalue weighted by molar-refractivity contribution is 8.01. The molecule has 0 aromatic carbocycles. The number of carbonyl (C=O) groups is 1. The van der Waals surface area contributed by atoms with Gasteiger partial charge in [-0.05, 0) is 0 Å². The highest BCUT2D eigenvalue weighted by Crippen LogP contribution is 2.22. The second-order valence-electron chi connectivity index (χ2n) is 1.75. The number of aldehydes is 1. The number of carbonyl (C=O) groups excluding carboxylic acids is 1. The molecule has 58 valence electrons. The van der Waals surface area contributed by atoms with Gasteiger partial charge in [0, 0.05) is 11.9 Å². The van der Waals surface area contributed by atoms with Crippen LogP contribution >= 0.6 is 23.1 Å². The Morgan fingerprint density at radius 3 is 3.18 bits per heavy atom. The van der Waals surface area contributed by atoms with Gasteiger partial charge in [-0.2, -0.15) is 0 Å². The van der Waals surface area contributed by atoms with Crippen LogP contribution in [0.3, 0.4) is 0 Å². The molecule has 0 atom stereocenters. The topological polar surface area (TPSA) is 30.0 Å². The fourth-order valence-electron chi connectivity index (χ4n) is 0.521. The number of hydrogen-bond donors (Lipinski definition) is 0. The maximum absolute atomic E-state index is 10.2. The number of thiazole rings is 1. The summed E-state index contributed by atoms with van der Waals surface area (Å²) >= 11 is 3.00. The fourth-order valence-corrected chi connectivity index (χ4v) is 2.10. The average molecular weight is 185 g/mol. The summed E-state index contributed by atoms with van der Waals surface area (Å²) < 4.78 is 0.923. The molecule has 0 aliphatic carbocycles. The smallest absolute Gasteiger partial charge is 0.161 e. The summed E-state index contributed by atoms with van der Waals surface area (Å²) in [6.45, 7) is 3.59. The largest absolute Gasteiger partial charge is 0.297 e. The van der Waals surface area contributed by atoms with Crippen molar-refractivity contribution < 1.29 is 4.79 Å². The summed E-state index contributed by atoms with van der Waals surface area (Å²) in [4.78, 5) is 14.9. The van der Waals surface area contributed by atoms with Crippen LogP contribution in [0.1, 0.15) is 9.67 Å². The van der Waals surface area contributed by atoms with Gasteiger partial charge in [0.1, 0.15) is 0 Å². The SMILES string of the molecule is C=CCSc1ncc(C=O)s1. The number of thioether (sulfide) groups is 1. The van der Waals surface area contributed by atoms with E-state index in [1.54, 1.807) is 18.0 Å². The third-order valence-corrected chi connectivity index (χ3v) is 3.02. The lowest BCUT2D eigenvalue weighted by molar-refractivity contribution is 0.112. The van der Waals surface area contributed by atoms with Crippen LogP contribution in [-0.4, -0.2) is 17.0 Å². The molecule has 0 bridgehead atoms. The second kappa shape index (κ2) is 4.31. The van der Waals surface area contributed by atoms with Crippen LogP contribution in [-0.2, 0) is 0 Å². The van der Waals surface area contributed by atoms with Crippen molar-refractivity contribution in [2.24, 2.45) is 0 Å². The Labute approximate surface area is 73.3 Å². The van der Waals surface area contributed by atoms with Gasteiger partial charge in [0.15, 0.2) is 10.6 Å². The Hall–Kier alpha value is -0.610. The van der Waals surface area contributed by atoms with Crippen LogP contribution in [0, 0.1) is 0 Å². The molecule has 0 spiro atoms. The summed E-state index contributed by atoms with van der Waals surface area (Å²) in [5, 5.41) is 0. The van der Waals surface area contributed by atoms with Crippen LogP contribution in [0.4, 0.5) is 0 Å². The van der Waals surface area contributed by atoms with Crippen molar-refractivity contribution >= 4 is 29.4 Å².